The highest BCUT2D eigenvalue weighted by atomic mass is 15.0. The summed E-state index contributed by atoms with van der Waals surface area (Å²) in [6.07, 6.45) is 1.10. The van der Waals surface area contributed by atoms with Crippen LogP contribution in [0.25, 0.3) is 0 Å². The average Bonchev–Trinajstić information content (AvgIpc) is 2.25. The van der Waals surface area contributed by atoms with Crippen LogP contribution in [0, 0.1) is 0 Å². The third-order valence-corrected chi connectivity index (χ3v) is 2.54. The minimum absolute atomic E-state index is 0.626. The lowest BCUT2D eigenvalue weighted by molar-refractivity contribution is 0.631. The number of hydrogen-bond acceptors (Lipinski definition) is 2. The summed E-state index contributed by atoms with van der Waals surface area (Å²) in [4.78, 5) is 0. The van der Waals surface area contributed by atoms with Crippen molar-refractivity contribution in [2.75, 3.05) is 20.3 Å². The van der Waals surface area contributed by atoms with Crippen LogP contribution in [0.1, 0.15) is 30.9 Å². The van der Waals surface area contributed by atoms with E-state index in [1.807, 2.05) is 7.05 Å². The molecule has 0 aliphatic carbocycles. The first-order valence-corrected chi connectivity index (χ1v) is 5.68. The summed E-state index contributed by atoms with van der Waals surface area (Å²) in [5.41, 5.74) is 2.82. The van der Waals surface area contributed by atoms with Crippen molar-refractivity contribution in [2.45, 2.75) is 26.2 Å². The Labute approximate surface area is 93.1 Å². The Morgan fingerprint density at radius 1 is 1.13 bits per heavy atom. The van der Waals surface area contributed by atoms with Crippen molar-refractivity contribution in [1.29, 1.82) is 0 Å². The monoisotopic (exact) mass is 206 g/mol. The summed E-state index contributed by atoms with van der Waals surface area (Å²) in [6, 6.07) is 8.93. The van der Waals surface area contributed by atoms with E-state index in [9.17, 15) is 0 Å². The smallest absolute Gasteiger partial charge is 0.0451 e. The molecule has 1 aromatic carbocycles. The molecule has 0 atom stereocenters. The normalized spacial score (nSPS) is 10.9. The van der Waals surface area contributed by atoms with Gasteiger partial charge in [-0.25, -0.2) is 0 Å². The predicted molar refractivity (Wildman–Crippen MR) is 66.2 cm³/mol. The minimum Gasteiger partial charge on any atom is -0.308 e. The maximum atomic E-state index is 3.31. The van der Waals surface area contributed by atoms with E-state index in [1.165, 1.54) is 11.1 Å². The molecule has 0 fully saturated rings. The van der Waals surface area contributed by atoms with Crippen molar-refractivity contribution >= 4 is 0 Å². The Morgan fingerprint density at radius 2 is 1.80 bits per heavy atom. The highest BCUT2D eigenvalue weighted by Gasteiger charge is 1.98. The first-order valence-electron chi connectivity index (χ1n) is 5.68. The van der Waals surface area contributed by atoms with Crippen molar-refractivity contribution in [3.8, 4) is 0 Å². The molecule has 1 rings (SSSR count). The summed E-state index contributed by atoms with van der Waals surface area (Å²) in [5, 5.41) is 6.38. The lowest BCUT2D eigenvalue weighted by atomic mass is 10.0. The van der Waals surface area contributed by atoms with Crippen molar-refractivity contribution in [3.05, 3.63) is 35.4 Å². The number of hydrogen-bond donors (Lipinski definition) is 2. The van der Waals surface area contributed by atoms with Crippen LogP contribution in [0.2, 0.25) is 0 Å². The SMILES string of the molecule is CNCNCCc1ccc(C(C)C)cc1. The van der Waals surface area contributed by atoms with Crippen LogP contribution in [0.15, 0.2) is 24.3 Å². The number of nitrogens with one attached hydrogen (secondary N) is 2. The summed E-state index contributed by atoms with van der Waals surface area (Å²) in [5.74, 6) is 0.626. The van der Waals surface area contributed by atoms with Gasteiger partial charge in [0, 0.05) is 13.2 Å². The van der Waals surface area contributed by atoms with E-state index in [-0.39, 0.29) is 0 Å². The Balaban J connectivity index is 2.36. The van der Waals surface area contributed by atoms with E-state index < -0.39 is 0 Å². The molecule has 0 saturated carbocycles. The van der Waals surface area contributed by atoms with Crippen LogP contribution in [0.5, 0.6) is 0 Å². The standard InChI is InChI=1S/C13H22N2/c1-11(2)13-6-4-12(5-7-13)8-9-15-10-14-3/h4-7,11,14-15H,8-10H2,1-3H3. The van der Waals surface area contributed by atoms with Gasteiger partial charge in [0.25, 0.3) is 0 Å². The van der Waals surface area contributed by atoms with Crippen LogP contribution in [0.4, 0.5) is 0 Å². The maximum absolute atomic E-state index is 3.31. The highest BCUT2D eigenvalue weighted by molar-refractivity contribution is 5.24. The second-order valence-electron chi connectivity index (χ2n) is 4.18. The van der Waals surface area contributed by atoms with E-state index >= 15 is 0 Å². The fourth-order valence-corrected chi connectivity index (χ4v) is 1.52. The molecule has 0 heterocycles. The molecule has 1 aromatic rings. The Hall–Kier alpha value is -0.860. The van der Waals surface area contributed by atoms with Gasteiger partial charge in [-0.15, -0.1) is 0 Å². The van der Waals surface area contributed by atoms with Crippen LogP contribution in [-0.4, -0.2) is 20.3 Å². The molecule has 2 heteroatoms. The van der Waals surface area contributed by atoms with E-state index in [4.69, 9.17) is 0 Å². The van der Waals surface area contributed by atoms with Gasteiger partial charge in [-0.3, -0.25) is 0 Å². The maximum Gasteiger partial charge on any atom is 0.0451 e. The zero-order valence-electron chi connectivity index (χ0n) is 10.0. The second-order valence-corrected chi connectivity index (χ2v) is 4.18. The van der Waals surface area contributed by atoms with Crippen LogP contribution in [-0.2, 0) is 6.42 Å². The van der Waals surface area contributed by atoms with Crippen molar-refractivity contribution in [1.82, 2.24) is 10.6 Å². The third kappa shape index (κ3) is 4.45. The Morgan fingerprint density at radius 3 is 2.33 bits per heavy atom. The summed E-state index contributed by atoms with van der Waals surface area (Å²) < 4.78 is 0. The predicted octanol–water partition coefficient (Wildman–Crippen LogP) is 2.12. The fraction of sp³-hybridized carbons (Fsp3) is 0.538. The number of benzene rings is 1. The molecular formula is C13H22N2. The van der Waals surface area contributed by atoms with Crippen molar-refractivity contribution < 1.29 is 0 Å². The molecule has 0 aliphatic rings. The molecule has 0 amide bonds. The molecule has 84 valence electrons. The average molecular weight is 206 g/mol. The van der Waals surface area contributed by atoms with Crippen LogP contribution >= 0.6 is 0 Å². The summed E-state index contributed by atoms with van der Waals surface area (Å²) in [6.45, 7) is 6.36. The van der Waals surface area contributed by atoms with Gasteiger partial charge in [-0.1, -0.05) is 38.1 Å². The highest BCUT2D eigenvalue weighted by Crippen LogP contribution is 2.14. The van der Waals surface area contributed by atoms with Gasteiger partial charge in [0.05, 0.1) is 0 Å². The fourth-order valence-electron chi connectivity index (χ4n) is 1.52. The molecule has 0 saturated heterocycles. The first kappa shape index (κ1) is 12.2. The molecular weight excluding hydrogens is 184 g/mol. The molecule has 2 N–H and O–H groups in total. The lowest BCUT2D eigenvalue weighted by Gasteiger charge is -2.07. The van der Waals surface area contributed by atoms with Crippen LogP contribution < -0.4 is 10.6 Å². The summed E-state index contributed by atoms with van der Waals surface area (Å²) >= 11 is 0. The summed E-state index contributed by atoms with van der Waals surface area (Å²) in [7, 11) is 1.95. The minimum atomic E-state index is 0.626. The molecule has 0 bridgehead atoms. The van der Waals surface area contributed by atoms with Gasteiger partial charge in [0.1, 0.15) is 0 Å². The topological polar surface area (TPSA) is 24.1 Å². The quantitative estimate of drug-likeness (QED) is 0.550. The van der Waals surface area contributed by atoms with E-state index in [0.29, 0.717) is 5.92 Å². The zero-order valence-corrected chi connectivity index (χ0v) is 10.0. The van der Waals surface area contributed by atoms with Gasteiger partial charge in [0.2, 0.25) is 0 Å². The van der Waals surface area contributed by atoms with Crippen molar-refractivity contribution in [2.24, 2.45) is 0 Å². The van der Waals surface area contributed by atoms with Gasteiger partial charge >= 0.3 is 0 Å². The molecule has 2 nitrogen and oxygen atoms in total. The van der Waals surface area contributed by atoms with Gasteiger partial charge in [-0.2, -0.15) is 0 Å². The van der Waals surface area contributed by atoms with Crippen LogP contribution in [0.3, 0.4) is 0 Å². The molecule has 0 radical (unpaired) electrons. The lowest BCUT2D eigenvalue weighted by Crippen LogP contribution is -2.27. The molecule has 0 aliphatic heterocycles. The van der Waals surface area contributed by atoms with Gasteiger partial charge < -0.3 is 10.6 Å². The van der Waals surface area contributed by atoms with Gasteiger partial charge in [0.15, 0.2) is 0 Å². The molecule has 0 spiro atoms. The number of rotatable bonds is 6. The van der Waals surface area contributed by atoms with E-state index in [2.05, 4.69) is 48.7 Å². The van der Waals surface area contributed by atoms with E-state index in [0.717, 1.165) is 19.6 Å². The van der Waals surface area contributed by atoms with Gasteiger partial charge in [-0.05, 0) is 30.5 Å². The second kappa shape index (κ2) is 6.59. The molecule has 0 aromatic heterocycles. The van der Waals surface area contributed by atoms with Crippen molar-refractivity contribution in [3.63, 3.8) is 0 Å². The Kier molecular flexibility index (Phi) is 5.37. The molecule has 0 unspecified atom stereocenters. The van der Waals surface area contributed by atoms with E-state index in [1.54, 1.807) is 0 Å². The third-order valence-electron chi connectivity index (χ3n) is 2.54. The zero-order chi connectivity index (χ0) is 11.1. The first-order chi connectivity index (χ1) is 7.24. The Bertz CT molecular complexity index is 264. The largest absolute Gasteiger partial charge is 0.308 e. The molecule has 15 heavy (non-hydrogen) atoms.